The maximum atomic E-state index is 12.5. The SMILES string of the molecule is CNCC1CCCN(S(=O)(=O)c2cn[nH]c2C)C1. The molecule has 1 aromatic heterocycles. The maximum absolute atomic E-state index is 12.5. The van der Waals surface area contributed by atoms with Crippen LogP contribution in [0.3, 0.4) is 0 Å². The second kappa shape index (κ2) is 5.38. The molecule has 0 amide bonds. The molecule has 1 unspecified atom stereocenters. The fourth-order valence-corrected chi connectivity index (χ4v) is 4.11. The zero-order valence-corrected chi connectivity index (χ0v) is 11.6. The largest absolute Gasteiger partial charge is 0.319 e. The van der Waals surface area contributed by atoms with Gasteiger partial charge < -0.3 is 5.32 Å². The van der Waals surface area contributed by atoms with E-state index in [9.17, 15) is 8.42 Å². The van der Waals surface area contributed by atoms with E-state index in [1.807, 2.05) is 7.05 Å². The number of hydrogen-bond donors (Lipinski definition) is 2. The highest BCUT2D eigenvalue weighted by Gasteiger charge is 2.31. The lowest BCUT2D eigenvalue weighted by Crippen LogP contribution is -2.42. The number of aryl methyl sites for hydroxylation is 1. The Labute approximate surface area is 108 Å². The molecule has 1 aliphatic heterocycles. The summed E-state index contributed by atoms with van der Waals surface area (Å²) in [4.78, 5) is 0.299. The molecule has 0 radical (unpaired) electrons. The van der Waals surface area contributed by atoms with Crippen LogP contribution in [-0.2, 0) is 10.0 Å². The summed E-state index contributed by atoms with van der Waals surface area (Å²) in [6, 6.07) is 0. The average molecular weight is 272 g/mol. The van der Waals surface area contributed by atoms with E-state index in [2.05, 4.69) is 15.5 Å². The summed E-state index contributed by atoms with van der Waals surface area (Å²) in [5.41, 5.74) is 0.603. The van der Waals surface area contributed by atoms with Crippen LogP contribution < -0.4 is 5.32 Å². The Morgan fingerprint density at radius 3 is 3.00 bits per heavy atom. The summed E-state index contributed by atoms with van der Waals surface area (Å²) in [6.45, 7) is 3.78. The molecule has 1 aliphatic rings. The Morgan fingerprint density at radius 1 is 1.61 bits per heavy atom. The van der Waals surface area contributed by atoms with E-state index in [0.29, 0.717) is 29.6 Å². The minimum Gasteiger partial charge on any atom is -0.319 e. The highest BCUT2D eigenvalue weighted by Crippen LogP contribution is 2.24. The van der Waals surface area contributed by atoms with Gasteiger partial charge in [-0.1, -0.05) is 0 Å². The number of nitrogens with one attached hydrogen (secondary N) is 2. The molecule has 7 heteroatoms. The Bertz CT molecular complexity index is 495. The van der Waals surface area contributed by atoms with Crippen LogP contribution in [0.5, 0.6) is 0 Å². The van der Waals surface area contributed by atoms with Gasteiger partial charge in [0.1, 0.15) is 4.90 Å². The molecular weight excluding hydrogens is 252 g/mol. The van der Waals surface area contributed by atoms with Gasteiger partial charge >= 0.3 is 0 Å². The fourth-order valence-electron chi connectivity index (χ4n) is 2.44. The second-order valence-corrected chi connectivity index (χ2v) is 6.69. The van der Waals surface area contributed by atoms with Crippen molar-refractivity contribution in [2.24, 2.45) is 5.92 Å². The summed E-state index contributed by atoms with van der Waals surface area (Å²) in [7, 11) is -1.49. The first-order chi connectivity index (χ1) is 8.55. The topological polar surface area (TPSA) is 78.1 Å². The first kappa shape index (κ1) is 13.5. The molecule has 1 saturated heterocycles. The molecule has 1 aromatic rings. The standard InChI is InChI=1S/C11H20N4O2S/c1-9-11(7-13-14-9)18(16,17)15-5-3-4-10(8-15)6-12-2/h7,10,12H,3-6,8H2,1-2H3,(H,13,14). The lowest BCUT2D eigenvalue weighted by atomic mass is 10.00. The minimum absolute atomic E-state index is 0.299. The van der Waals surface area contributed by atoms with Gasteiger partial charge in [0.15, 0.2) is 0 Å². The van der Waals surface area contributed by atoms with Crippen LogP contribution >= 0.6 is 0 Å². The Morgan fingerprint density at radius 2 is 2.39 bits per heavy atom. The predicted octanol–water partition coefficient (Wildman–Crippen LogP) is 0.338. The third-order valence-corrected chi connectivity index (χ3v) is 5.35. The van der Waals surface area contributed by atoms with Gasteiger partial charge in [0.25, 0.3) is 0 Å². The van der Waals surface area contributed by atoms with E-state index in [0.717, 1.165) is 19.4 Å². The van der Waals surface area contributed by atoms with Gasteiger partial charge in [-0.3, -0.25) is 5.10 Å². The number of sulfonamides is 1. The monoisotopic (exact) mass is 272 g/mol. The van der Waals surface area contributed by atoms with Crippen molar-refractivity contribution in [2.75, 3.05) is 26.7 Å². The van der Waals surface area contributed by atoms with Gasteiger partial charge in [0.2, 0.25) is 10.0 Å². The van der Waals surface area contributed by atoms with Crippen LogP contribution in [0.2, 0.25) is 0 Å². The van der Waals surface area contributed by atoms with E-state index in [1.54, 1.807) is 11.2 Å². The molecule has 0 aromatic carbocycles. The zero-order chi connectivity index (χ0) is 13.2. The Kier molecular flexibility index (Phi) is 4.04. The Balaban J connectivity index is 2.18. The normalized spacial score (nSPS) is 22.2. The molecule has 0 saturated carbocycles. The van der Waals surface area contributed by atoms with Crippen molar-refractivity contribution in [3.8, 4) is 0 Å². The van der Waals surface area contributed by atoms with Gasteiger partial charge in [-0.2, -0.15) is 9.40 Å². The lowest BCUT2D eigenvalue weighted by Gasteiger charge is -2.31. The van der Waals surface area contributed by atoms with Crippen molar-refractivity contribution < 1.29 is 8.42 Å². The summed E-state index contributed by atoms with van der Waals surface area (Å²) >= 11 is 0. The van der Waals surface area contributed by atoms with Crippen molar-refractivity contribution in [1.82, 2.24) is 19.8 Å². The maximum Gasteiger partial charge on any atom is 0.246 e. The van der Waals surface area contributed by atoms with E-state index >= 15 is 0 Å². The number of H-pyrrole nitrogens is 1. The van der Waals surface area contributed by atoms with Crippen LogP contribution in [0.15, 0.2) is 11.1 Å². The van der Waals surface area contributed by atoms with Gasteiger partial charge in [0, 0.05) is 13.1 Å². The van der Waals surface area contributed by atoms with Crippen LogP contribution in [0.1, 0.15) is 18.5 Å². The molecule has 1 atom stereocenters. The van der Waals surface area contributed by atoms with E-state index in [-0.39, 0.29) is 0 Å². The molecule has 0 bridgehead atoms. The molecular formula is C11H20N4O2S. The third-order valence-electron chi connectivity index (χ3n) is 3.38. The number of aromatic amines is 1. The minimum atomic E-state index is -3.39. The number of hydrogen-bond acceptors (Lipinski definition) is 4. The van der Waals surface area contributed by atoms with E-state index in [1.165, 1.54) is 6.20 Å². The van der Waals surface area contributed by atoms with Crippen LogP contribution in [0.4, 0.5) is 0 Å². The number of aromatic nitrogens is 2. The van der Waals surface area contributed by atoms with Gasteiger partial charge in [0.05, 0.1) is 11.9 Å². The van der Waals surface area contributed by atoms with Crippen molar-refractivity contribution in [3.05, 3.63) is 11.9 Å². The molecule has 2 rings (SSSR count). The molecule has 102 valence electrons. The van der Waals surface area contributed by atoms with Crippen molar-refractivity contribution in [2.45, 2.75) is 24.7 Å². The summed E-state index contributed by atoms with van der Waals surface area (Å²) < 4.78 is 26.5. The number of piperidine rings is 1. The lowest BCUT2D eigenvalue weighted by molar-refractivity contribution is 0.263. The molecule has 18 heavy (non-hydrogen) atoms. The van der Waals surface area contributed by atoms with Crippen molar-refractivity contribution >= 4 is 10.0 Å². The number of rotatable bonds is 4. The van der Waals surface area contributed by atoms with E-state index in [4.69, 9.17) is 0 Å². The zero-order valence-electron chi connectivity index (χ0n) is 10.8. The predicted molar refractivity (Wildman–Crippen MR) is 68.7 cm³/mol. The highest BCUT2D eigenvalue weighted by molar-refractivity contribution is 7.89. The third kappa shape index (κ3) is 2.57. The molecule has 0 aliphatic carbocycles. The van der Waals surface area contributed by atoms with Crippen molar-refractivity contribution in [3.63, 3.8) is 0 Å². The van der Waals surface area contributed by atoms with Gasteiger partial charge in [-0.15, -0.1) is 0 Å². The van der Waals surface area contributed by atoms with Crippen LogP contribution in [0, 0.1) is 12.8 Å². The van der Waals surface area contributed by atoms with Crippen LogP contribution in [0.25, 0.3) is 0 Å². The molecule has 2 heterocycles. The summed E-state index contributed by atoms with van der Waals surface area (Å²) in [5.74, 6) is 0.394. The quantitative estimate of drug-likeness (QED) is 0.828. The second-order valence-electron chi connectivity index (χ2n) is 4.79. The van der Waals surface area contributed by atoms with Crippen LogP contribution in [-0.4, -0.2) is 49.6 Å². The first-order valence-corrected chi connectivity index (χ1v) is 7.64. The molecule has 2 N–H and O–H groups in total. The van der Waals surface area contributed by atoms with Gasteiger partial charge in [-0.25, -0.2) is 8.42 Å². The average Bonchev–Trinajstić information content (AvgIpc) is 2.77. The van der Waals surface area contributed by atoms with Gasteiger partial charge in [-0.05, 0) is 39.3 Å². The summed E-state index contributed by atoms with van der Waals surface area (Å²) in [6.07, 6.45) is 3.39. The summed E-state index contributed by atoms with van der Waals surface area (Å²) in [5, 5.41) is 9.59. The fraction of sp³-hybridized carbons (Fsp3) is 0.727. The molecule has 0 spiro atoms. The Hall–Kier alpha value is -0.920. The highest BCUT2D eigenvalue weighted by atomic mass is 32.2. The molecule has 6 nitrogen and oxygen atoms in total. The smallest absolute Gasteiger partial charge is 0.246 e. The van der Waals surface area contributed by atoms with E-state index < -0.39 is 10.0 Å². The molecule has 1 fully saturated rings. The number of nitrogens with zero attached hydrogens (tertiary/aromatic N) is 2. The first-order valence-electron chi connectivity index (χ1n) is 6.20. The van der Waals surface area contributed by atoms with Crippen molar-refractivity contribution in [1.29, 1.82) is 0 Å².